The van der Waals surface area contributed by atoms with Crippen LogP contribution >= 0.6 is 0 Å². The molecule has 2 fully saturated rings. The molecule has 4 heteroatoms. The number of carbonyl (C=O) groups is 1. The van der Waals surface area contributed by atoms with Crippen LogP contribution in [0.4, 0.5) is 4.79 Å². The van der Waals surface area contributed by atoms with Crippen LogP contribution in [0.5, 0.6) is 0 Å². The molecule has 0 heterocycles. The van der Waals surface area contributed by atoms with Gasteiger partial charge in [-0.3, -0.25) is 0 Å². The minimum Gasteiger partial charge on any atom is -0.444 e. The minimum atomic E-state index is -0.420. The smallest absolute Gasteiger partial charge is 0.407 e. The number of hydrogen-bond donors (Lipinski definition) is 2. The Morgan fingerprint density at radius 2 is 1.80 bits per heavy atom. The minimum absolute atomic E-state index is 0.252. The molecule has 0 aromatic carbocycles. The summed E-state index contributed by atoms with van der Waals surface area (Å²) in [6.45, 7) is 7.99. The third kappa shape index (κ3) is 5.31. The molecule has 0 radical (unpaired) electrons. The molecule has 0 aromatic rings. The molecule has 2 rings (SSSR count). The third-order valence-electron chi connectivity index (χ3n) is 4.22. The highest BCUT2D eigenvalue weighted by molar-refractivity contribution is 5.68. The molecular formula is C16H30N2O2. The molecule has 0 aromatic heterocycles. The van der Waals surface area contributed by atoms with E-state index in [2.05, 4.69) is 17.6 Å². The normalized spacial score (nSPS) is 28.8. The first-order valence-corrected chi connectivity index (χ1v) is 8.09. The number of hydrogen-bond acceptors (Lipinski definition) is 3. The molecule has 1 amide bonds. The molecule has 2 N–H and O–H groups in total. The van der Waals surface area contributed by atoms with Gasteiger partial charge >= 0.3 is 6.09 Å². The summed E-state index contributed by atoms with van der Waals surface area (Å²) in [6.07, 6.45) is 6.96. The molecule has 0 aliphatic heterocycles. The summed E-state index contributed by atoms with van der Waals surface area (Å²) < 4.78 is 5.33. The fraction of sp³-hybridized carbons (Fsp3) is 0.938. The molecule has 3 atom stereocenters. The molecule has 2 aliphatic rings. The van der Waals surface area contributed by atoms with Gasteiger partial charge in [-0.05, 0) is 72.1 Å². The van der Waals surface area contributed by atoms with E-state index in [4.69, 9.17) is 4.74 Å². The van der Waals surface area contributed by atoms with Gasteiger partial charge in [0.1, 0.15) is 5.60 Å². The largest absolute Gasteiger partial charge is 0.444 e. The van der Waals surface area contributed by atoms with Crippen LogP contribution in [0.25, 0.3) is 0 Å². The number of amides is 1. The maximum absolute atomic E-state index is 11.8. The van der Waals surface area contributed by atoms with Crippen molar-refractivity contribution in [1.29, 1.82) is 0 Å². The molecule has 2 saturated carbocycles. The molecule has 20 heavy (non-hydrogen) atoms. The van der Waals surface area contributed by atoms with Gasteiger partial charge < -0.3 is 15.4 Å². The molecule has 4 nitrogen and oxygen atoms in total. The zero-order chi connectivity index (χ0) is 14.8. The van der Waals surface area contributed by atoms with Gasteiger partial charge in [-0.25, -0.2) is 4.79 Å². The van der Waals surface area contributed by atoms with Crippen molar-refractivity contribution in [2.75, 3.05) is 0 Å². The lowest BCUT2D eigenvalue weighted by molar-refractivity contribution is 0.0488. The van der Waals surface area contributed by atoms with Gasteiger partial charge in [0.25, 0.3) is 0 Å². The van der Waals surface area contributed by atoms with Gasteiger partial charge in [0.05, 0.1) is 0 Å². The third-order valence-corrected chi connectivity index (χ3v) is 4.22. The van der Waals surface area contributed by atoms with Crippen LogP contribution in [0.15, 0.2) is 0 Å². The van der Waals surface area contributed by atoms with E-state index < -0.39 is 5.60 Å². The number of nitrogens with one attached hydrogen (secondary N) is 2. The fourth-order valence-corrected chi connectivity index (χ4v) is 3.05. The Morgan fingerprint density at radius 3 is 2.40 bits per heavy atom. The molecule has 0 bridgehead atoms. The monoisotopic (exact) mass is 282 g/mol. The summed E-state index contributed by atoms with van der Waals surface area (Å²) in [7, 11) is 0. The summed E-state index contributed by atoms with van der Waals surface area (Å²) in [5, 5.41) is 6.76. The zero-order valence-electron chi connectivity index (χ0n) is 13.4. The lowest BCUT2D eigenvalue weighted by atomic mass is 9.90. The molecule has 116 valence electrons. The summed E-state index contributed by atoms with van der Waals surface area (Å²) in [6, 6.07) is 1.42. The lowest BCUT2D eigenvalue weighted by Gasteiger charge is -2.33. The highest BCUT2D eigenvalue weighted by Gasteiger charge is 2.31. The Bertz CT molecular complexity index is 334. The topological polar surface area (TPSA) is 50.4 Å². The molecule has 0 saturated heterocycles. The van der Waals surface area contributed by atoms with Gasteiger partial charge in [-0.2, -0.15) is 0 Å². The second kappa shape index (κ2) is 6.33. The van der Waals surface area contributed by atoms with E-state index >= 15 is 0 Å². The van der Waals surface area contributed by atoms with Gasteiger partial charge in [0.2, 0.25) is 0 Å². The van der Waals surface area contributed by atoms with E-state index in [1.807, 2.05) is 20.8 Å². The predicted octanol–water partition coefficient (Wildman–Crippen LogP) is 3.21. The molecular weight excluding hydrogens is 252 g/mol. The van der Waals surface area contributed by atoms with Crippen molar-refractivity contribution in [3.05, 3.63) is 0 Å². The van der Waals surface area contributed by atoms with Crippen molar-refractivity contribution in [2.24, 2.45) is 5.92 Å². The summed E-state index contributed by atoms with van der Waals surface area (Å²) in [5.41, 5.74) is -0.420. The van der Waals surface area contributed by atoms with Crippen LogP contribution in [-0.4, -0.2) is 29.8 Å². The second-order valence-corrected chi connectivity index (χ2v) is 7.50. The zero-order valence-corrected chi connectivity index (χ0v) is 13.4. The highest BCUT2D eigenvalue weighted by Crippen LogP contribution is 2.33. The van der Waals surface area contributed by atoms with Crippen molar-refractivity contribution in [2.45, 2.75) is 89.9 Å². The summed E-state index contributed by atoms with van der Waals surface area (Å²) >= 11 is 0. The summed E-state index contributed by atoms with van der Waals surface area (Å²) in [5.74, 6) is 0.884. The van der Waals surface area contributed by atoms with E-state index in [0.29, 0.717) is 12.1 Å². The Balaban J connectivity index is 1.73. The standard InChI is InChI=1S/C16H30N2O2/c1-11(12-8-9-12)17-13-6-5-7-14(10-13)18-15(19)20-16(2,3)4/h11-14,17H,5-10H2,1-4H3,(H,18,19). The van der Waals surface area contributed by atoms with Crippen LogP contribution in [-0.2, 0) is 4.74 Å². The Hall–Kier alpha value is -0.770. The highest BCUT2D eigenvalue weighted by atomic mass is 16.6. The Kier molecular flexibility index (Phi) is 4.95. The van der Waals surface area contributed by atoms with Crippen LogP contribution in [0.3, 0.4) is 0 Å². The van der Waals surface area contributed by atoms with E-state index in [0.717, 1.165) is 18.8 Å². The SMILES string of the molecule is CC(NC1CCCC(NC(=O)OC(C)(C)C)C1)C1CC1. The second-order valence-electron chi connectivity index (χ2n) is 7.50. The maximum Gasteiger partial charge on any atom is 0.407 e. The van der Waals surface area contributed by atoms with Crippen molar-refractivity contribution < 1.29 is 9.53 Å². The quantitative estimate of drug-likeness (QED) is 0.832. The van der Waals surface area contributed by atoms with Gasteiger partial charge in [0, 0.05) is 18.1 Å². The fourth-order valence-electron chi connectivity index (χ4n) is 3.05. The van der Waals surface area contributed by atoms with E-state index in [1.165, 1.54) is 25.7 Å². The maximum atomic E-state index is 11.8. The van der Waals surface area contributed by atoms with Crippen LogP contribution in [0, 0.1) is 5.92 Å². The first-order chi connectivity index (χ1) is 9.33. The molecule has 3 unspecified atom stereocenters. The van der Waals surface area contributed by atoms with Gasteiger partial charge in [0.15, 0.2) is 0 Å². The first-order valence-electron chi connectivity index (χ1n) is 8.09. The van der Waals surface area contributed by atoms with Crippen LogP contribution < -0.4 is 10.6 Å². The Labute approximate surface area is 123 Å². The number of ether oxygens (including phenoxy) is 1. The number of carbonyl (C=O) groups excluding carboxylic acids is 1. The number of alkyl carbamates (subject to hydrolysis) is 1. The van der Waals surface area contributed by atoms with Crippen molar-refractivity contribution in [3.8, 4) is 0 Å². The number of rotatable bonds is 4. The van der Waals surface area contributed by atoms with E-state index in [1.54, 1.807) is 0 Å². The Morgan fingerprint density at radius 1 is 1.15 bits per heavy atom. The lowest BCUT2D eigenvalue weighted by Crippen LogP contribution is -2.47. The van der Waals surface area contributed by atoms with Crippen LogP contribution in [0.1, 0.15) is 66.2 Å². The average Bonchev–Trinajstić information content (AvgIpc) is 3.09. The average molecular weight is 282 g/mol. The van der Waals surface area contributed by atoms with Crippen LogP contribution in [0.2, 0.25) is 0 Å². The molecule has 2 aliphatic carbocycles. The van der Waals surface area contributed by atoms with Gasteiger partial charge in [-0.1, -0.05) is 0 Å². The van der Waals surface area contributed by atoms with Crippen molar-refractivity contribution >= 4 is 6.09 Å². The first kappa shape index (κ1) is 15.6. The van der Waals surface area contributed by atoms with Crippen molar-refractivity contribution in [3.63, 3.8) is 0 Å². The molecule has 0 spiro atoms. The van der Waals surface area contributed by atoms with Gasteiger partial charge in [-0.15, -0.1) is 0 Å². The van der Waals surface area contributed by atoms with Crippen molar-refractivity contribution in [1.82, 2.24) is 10.6 Å². The van der Waals surface area contributed by atoms with E-state index in [-0.39, 0.29) is 12.1 Å². The predicted molar refractivity (Wildman–Crippen MR) is 80.7 cm³/mol. The summed E-state index contributed by atoms with van der Waals surface area (Å²) in [4.78, 5) is 11.8. The van der Waals surface area contributed by atoms with E-state index in [9.17, 15) is 4.79 Å².